The van der Waals surface area contributed by atoms with E-state index < -0.39 is 5.82 Å². The van der Waals surface area contributed by atoms with Crippen LogP contribution in [0, 0.1) is 19.7 Å². The van der Waals surface area contributed by atoms with Crippen LogP contribution in [0.1, 0.15) is 27.0 Å². The molecule has 0 radical (unpaired) electrons. The molecule has 0 N–H and O–H groups in total. The number of ether oxygens (including phenoxy) is 2. The minimum absolute atomic E-state index is 0.218. The van der Waals surface area contributed by atoms with Crippen molar-refractivity contribution in [3.8, 4) is 23.0 Å². The molecule has 0 amide bonds. The maximum Gasteiger partial charge on any atom is 0.193 e. The smallest absolute Gasteiger partial charge is 0.193 e. The first kappa shape index (κ1) is 20.4. The van der Waals surface area contributed by atoms with Gasteiger partial charge in [-0.05, 0) is 85.6 Å². The summed E-state index contributed by atoms with van der Waals surface area (Å²) in [4.78, 5) is 12.9. The predicted molar refractivity (Wildman–Crippen MR) is 119 cm³/mol. The van der Waals surface area contributed by atoms with Gasteiger partial charge in [-0.15, -0.1) is 0 Å². The highest BCUT2D eigenvalue weighted by molar-refractivity contribution is 6.09. The topological polar surface area (TPSA) is 35.5 Å². The highest BCUT2D eigenvalue weighted by Crippen LogP contribution is 2.27. The molecule has 0 spiro atoms. The summed E-state index contributed by atoms with van der Waals surface area (Å²) < 4.78 is 25.7. The Hall–Kier alpha value is -3.92. The highest BCUT2D eigenvalue weighted by atomic mass is 19.1. The van der Waals surface area contributed by atoms with Crippen LogP contribution < -0.4 is 9.47 Å². The predicted octanol–water partition coefficient (Wildman–Crippen LogP) is 7.26. The van der Waals surface area contributed by atoms with Gasteiger partial charge in [0.15, 0.2) is 5.78 Å². The zero-order valence-electron chi connectivity index (χ0n) is 17.3. The number of halogens is 1. The van der Waals surface area contributed by atoms with E-state index in [9.17, 15) is 9.18 Å². The van der Waals surface area contributed by atoms with Gasteiger partial charge in [-0.25, -0.2) is 4.39 Å². The lowest BCUT2D eigenvalue weighted by Crippen LogP contribution is -2.02. The van der Waals surface area contributed by atoms with E-state index in [1.807, 2.05) is 56.3 Å². The molecule has 4 aromatic rings. The molecule has 0 aliphatic carbocycles. The molecule has 0 unspecified atom stereocenters. The summed E-state index contributed by atoms with van der Waals surface area (Å²) >= 11 is 0. The quantitative estimate of drug-likeness (QED) is 0.313. The maximum absolute atomic E-state index is 14.2. The second-order valence-corrected chi connectivity index (χ2v) is 7.37. The van der Waals surface area contributed by atoms with Crippen LogP contribution in [0.2, 0.25) is 0 Å². The number of carbonyl (C=O) groups is 1. The van der Waals surface area contributed by atoms with E-state index in [0.717, 1.165) is 16.9 Å². The average molecular weight is 412 g/mol. The standard InChI is InChI=1S/C27H21FO3/c1-18-5-3-7-24(13-18)30-23-11-9-20(10-12-23)27(29)21-15-22(28)17-26(16-21)31-25-8-4-6-19(2)14-25/h3-17H,1-2H3. The second kappa shape index (κ2) is 8.84. The number of benzene rings is 4. The van der Waals surface area contributed by atoms with Gasteiger partial charge in [0, 0.05) is 17.2 Å². The van der Waals surface area contributed by atoms with Crippen molar-refractivity contribution in [1.82, 2.24) is 0 Å². The lowest BCUT2D eigenvalue weighted by Gasteiger charge is -2.10. The Labute approximate surface area is 180 Å². The number of aryl methyl sites for hydroxylation is 2. The summed E-state index contributed by atoms with van der Waals surface area (Å²) in [7, 11) is 0. The van der Waals surface area contributed by atoms with E-state index in [0.29, 0.717) is 17.1 Å². The first-order chi connectivity index (χ1) is 15.0. The van der Waals surface area contributed by atoms with Crippen molar-refractivity contribution in [2.24, 2.45) is 0 Å². The SMILES string of the molecule is Cc1cccc(Oc2ccc(C(=O)c3cc(F)cc(Oc4cccc(C)c4)c3)cc2)c1. The number of ketones is 1. The molecule has 0 bridgehead atoms. The second-order valence-electron chi connectivity index (χ2n) is 7.37. The molecule has 4 aromatic carbocycles. The minimum atomic E-state index is -0.534. The monoisotopic (exact) mass is 412 g/mol. The summed E-state index contributed by atoms with van der Waals surface area (Å²) in [5.41, 5.74) is 2.77. The molecule has 0 atom stereocenters. The Morgan fingerprint density at radius 1 is 0.613 bits per heavy atom. The summed E-state index contributed by atoms with van der Waals surface area (Å²) in [6.45, 7) is 3.93. The van der Waals surface area contributed by atoms with Gasteiger partial charge in [-0.1, -0.05) is 24.3 Å². The van der Waals surface area contributed by atoms with Crippen LogP contribution in [0.3, 0.4) is 0 Å². The van der Waals surface area contributed by atoms with Crippen LogP contribution in [0.4, 0.5) is 4.39 Å². The fraction of sp³-hybridized carbons (Fsp3) is 0.0741. The zero-order valence-corrected chi connectivity index (χ0v) is 17.3. The van der Waals surface area contributed by atoms with Crippen molar-refractivity contribution in [3.05, 3.63) is 119 Å². The van der Waals surface area contributed by atoms with Crippen molar-refractivity contribution in [1.29, 1.82) is 0 Å². The van der Waals surface area contributed by atoms with Crippen molar-refractivity contribution in [3.63, 3.8) is 0 Å². The fourth-order valence-electron chi connectivity index (χ4n) is 3.22. The van der Waals surface area contributed by atoms with E-state index in [1.54, 1.807) is 36.4 Å². The Balaban J connectivity index is 1.53. The Bertz CT molecular complexity index is 1230. The summed E-state index contributed by atoms with van der Waals surface area (Å²) in [6.07, 6.45) is 0. The molecule has 0 fully saturated rings. The lowest BCUT2D eigenvalue weighted by atomic mass is 10.0. The van der Waals surface area contributed by atoms with E-state index >= 15 is 0 Å². The van der Waals surface area contributed by atoms with Crippen molar-refractivity contribution < 1.29 is 18.7 Å². The summed E-state index contributed by atoms with van der Waals surface area (Å²) in [6, 6.07) is 25.9. The summed E-state index contributed by atoms with van der Waals surface area (Å²) in [5, 5.41) is 0. The molecule has 0 aliphatic heterocycles. The molecule has 154 valence electrons. The first-order valence-corrected chi connectivity index (χ1v) is 9.91. The largest absolute Gasteiger partial charge is 0.457 e. The molecule has 31 heavy (non-hydrogen) atoms. The van der Waals surface area contributed by atoms with Crippen LogP contribution in [0.15, 0.2) is 91.0 Å². The molecule has 3 nitrogen and oxygen atoms in total. The number of hydrogen-bond acceptors (Lipinski definition) is 3. The van der Waals surface area contributed by atoms with Crippen LogP contribution in [-0.4, -0.2) is 5.78 Å². The third kappa shape index (κ3) is 5.17. The van der Waals surface area contributed by atoms with Crippen molar-refractivity contribution in [2.75, 3.05) is 0 Å². The van der Waals surface area contributed by atoms with E-state index in [2.05, 4.69) is 0 Å². The Morgan fingerprint density at radius 2 is 1.19 bits per heavy atom. The lowest BCUT2D eigenvalue weighted by molar-refractivity contribution is 0.103. The van der Waals surface area contributed by atoms with E-state index in [-0.39, 0.29) is 17.1 Å². The molecular weight excluding hydrogens is 391 g/mol. The molecule has 0 saturated heterocycles. The van der Waals surface area contributed by atoms with Crippen molar-refractivity contribution in [2.45, 2.75) is 13.8 Å². The Morgan fingerprint density at radius 3 is 1.77 bits per heavy atom. The third-order valence-electron chi connectivity index (χ3n) is 4.70. The Kier molecular flexibility index (Phi) is 5.80. The van der Waals surface area contributed by atoms with Gasteiger partial charge in [-0.2, -0.15) is 0 Å². The zero-order chi connectivity index (χ0) is 21.8. The molecule has 0 heterocycles. The maximum atomic E-state index is 14.2. The molecule has 0 saturated carbocycles. The number of hydrogen-bond donors (Lipinski definition) is 0. The molecule has 0 aliphatic rings. The van der Waals surface area contributed by atoms with Crippen LogP contribution in [0.5, 0.6) is 23.0 Å². The van der Waals surface area contributed by atoms with Gasteiger partial charge < -0.3 is 9.47 Å². The van der Waals surface area contributed by atoms with Gasteiger partial charge >= 0.3 is 0 Å². The van der Waals surface area contributed by atoms with E-state index in [4.69, 9.17) is 9.47 Å². The third-order valence-corrected chi connectivity index (χ3v) is 4.70. The van der Waals surface area contributed by atoms with Gasteiger partial charge in [0.1, 0.15) is 28.8 Å². The summed E-state index contributed by atoms with van der Waals surface area (Å²) in [5.74, 6) is 1.37. The fourth-order valence-corrected chi connectivity index (χ4v) is 3.22. The van der Waals surface area contributed by atoms with Crippen molar-refractivity contribution >= 4 is 5.78 Å². The van der Waals surface area contributed by atoms with Crippen LogP contribution >= 0.6 is 0 Å². The highest BCUT2D eigenvalue weighted by Gasteiger charge is 2.13. The molecular formula is C27H21FO3. The average Bonchev–Trinajstić information content (AvgIpc) is 2.73. The first-order valence-electron chi connectivity index (χ1n) is 9.91. The van der Waals surface area contributed by atoms with E-state index in [1.165, 1.54) is 12.1 Å². The van der Waals surface area contributed by atoms with Crippen LogP contribution in [-0.2, 0) is 0 Å². The van der Waals surface area contributed by atoms with Crippen LogP contribution in [0.25, 0.3) is 0 Å². The number of rotatable bonds is 6. The minimum Gasteiger partial charge on any atom is -0.457 e. The van der Waals surface area contributed by atoms with Gasteiger partial charge in [0.05, 0.1) is 0 Å². The molecule has 4 heteroatoms. The number of carbonyl (C=O) groups excluding carboxylic acids is 1. The van der Waals surface area contributed by atoms with Gasteiger partial charge in [0.2, 0.25) is 0 Å². The normalized spacial score (nSPS) is 10.5. The molecule has 4 rings (SSSR count). The molecule has 0 aromatic heterocycles. The van der Waals surface area contributed by atoms with Gasteiger partial charge in [-0.3, -0.25) is 4.79 Å². The van der Waals surface area contributed by atoms with Gasteiger partial charge in [0.25, 0.3) is 0 Å².